The number of aromatic nitrogens is 3. The second-order valence-corrected chi connectivity index (χ2v) is 10.3. The average molecular weight is 445 g/mol. The summed E-state index contributed by atoms with van der Waals surface area (Å²) in [6.45, 7) is 2.07. The fourth-order valence-corrected chi connectivity index (χ4v) is 6.19. The van der Waals surface area contributed by atoms with Gasteiger partial charge in [-0.25, -0.2) is 9.78 Å². The average Bonchev–Trinajstić information content (AvgIpc) is 3.46. The summed E-state index contributed by atoms with van der Waals surface area (Å²) in [7, 11) is 0. The maximum atomic E-state index is 13.6. The monoisotopic (exact) mass is 444 g/mol. The van der Waals surface area contributed by atoms with Crippen molar-refractivity contribution in [2.75, 3.05) is 13.1 Å². The van der Waals surface area contributed by atoms with Gasteiger partial charge < -0.3 is 4.90 Å². The van der Waals surface area contributed by atoms with Crippen molar-refractivity contribution < 1.29 is 4.79 Å². The second kappa shape index (κ2) is 8.15. The van der Waals surface area contributed by atoms with Crippen LogP contribution in [0.2, 0.25) is 0 Å². The highest BCUT2D eigenvalue weighted by Crippen LogP contribution is 2.50. The molecule has 3 aromatic rings. The van der Waals surface area contributed by atoms with Crippen LogP contribution in [-0.4, -0.2) is 38.0 Å². The zero-order valence-electron chi connectivity index (χ0n) is 19.2. The molecule has 1 aliphatic heterocycles. The van der Waals surface area contributed by atoms with Gasteiger partial charge in [0.05, 0.1) is 17.0 Å². The Balaban J connectivity index is 1.28. The van der Waals surface area contributed by atoms with E-state index in [1.165, 1.54) is 32.1 Å². The van der Waals surface area contributed by atoms with Crippen molar-refractivity contribution in [3.63, 3.8) is 0 Å². The van der Waals surface area contributed by atoms with Gasteiger partial charge in [0.1, 0.15) is 0 Å². The number of pyridine rings is 1. The predicted molar refractivity (Wildman–Crippen MR) is 128 cm³/mol. The molecule has 1 saturated heterocycles. The molecule has 2 aromatic heterocycles. The van der Waals surface area contributed by atoms with Crippen LogP contribution in [0.15, 0.2) is 53.5 Å². The maximum absolute atomic E-state index is 13.6. The number of hydrogen-bond donors (Lipinski definition) is 0. The standard InChI is InChI=1S/C27H32N4O2/c32-25(27(14-15-27)21-10-5-2-6-11-21)29-17-13-22(19-29)31-24-23(12-7-16-28-24)30(26(31)33)18-20-8-3-1-4-9-20/h2,5-7,10-12,16,20,22H,1,3-4,8-9,13-15,17-19H2/t22-/m1/s1. The molecule has 172 valence electrons. The number of hydrogen-bond acceptors (Lipinski definition) is 3. The van der Waals surface area contributed by atoms with Crippen LogP contribution in [0, 0.1) is 5.92 Å². The van der Waals surface area contributed by atoms with Crippen LogP contribution in [0.3, 0.4) is 0 Å². The van der Waals surface area contributed by atoms with Crippen molar-refractivity contribution >= 4 is 17.1 Å². The Morgan fingerprint density at radius 2 is 1.79 bits per heavy atom. The summed E-state index contributed by atoms with van der Waals surface area (Å²) in [6, 6.07) is 14.1. The first-order chi connectivity index (χ1) is 16.2. The fraction of sp³-hybridized carbons (Fsp3) is 0.519. The van der Waals surface area contributed by atoms with Crippen LogP contribution in [0.5, 0.6) is 0 Å². The summed E-state index contributed by atoms with van der Waals surface area (Å²) >= 11 is 0. The van der Waals surface area contributed by atoms with Crippen LogP contribution in [0.1, 0.15) is 63.0 Å². The number of fused-ring (bicyclic) bond motifs is 1. The van der Waals surface area contributed by atoms with Crippen molar-refractivity contribution in [3.8, 4) is 0 Å². The highest BCUT2D eigenvalue weighted by molar-refractivity contribution is 5.91. The van der Waals surface area contributed by atoms with E-state index in [4.69, 9.17) is 0 Å². The first-order valence-electron chi connectivity index (χ1n) is 12.6. The molecular formula is C27H32N4O2. The Hall–Kier alpha value is -2.89. The Labute approximate surface area is 194 Å². The molecule has 0 N–H and O–H groups in total. The molecule has 0 bridgehead atoms. The molecular weight excluding hydrogens is 412 g/mol. The zero-order valence-corrected chi connectivity index (χ0v) is 19.2. The maximum Gasteiger partial charge on any atom is 0.330 e. The van der Waals surface area contributed by atoms with Crippen molar-refractivity contribution in [2.45, 2.75) is 69.4 Å². The summed E-state index contributed by atoms with van der Waals surface area (Å²) in [5, 5.41) is 0. The van der Waals surface area contributed by atoms with E-state index in [1.807, 2.05) is 44.4 Å². The summed E-state index contributed by atoms with van der Waals surface area (Å²) in [4.78, 5) is 33.8. The molecule has 3 aliphatic rings. The minimum atomic E-state index is -0.353. The van der Waals surface area contributed by atoms with Gasteiger partial charge in [0.25, 0.3) is 0 Å². The second-order valence-electron chi connectivity index (χ2n) is 10.3. The first kappa shape index (κ1) is 20.7. The smallest absolute Gasteiger partial charge is 0.330 e. The van der Waals surface area contributed by atoms with E-state index in [9.17, 15) is 9.59 Å². The van der Waals surface area contributed by atoms with E-state index in [0.717, 1.165) is 42.5 Å². The van der Waals surface area contributed by atoms with Crippen molar-refractivity contribution in [1.82, 2.24) is 19.0 Å². The summed E-state index contributed by atoms with van der Waals surface area (Å²) in [5.41, 5.74) is 2.51. The molecule has 1 aromatic carbocycles. The number of imidazole rings is 1. The Bertz CT molecular complexity index is 1220. The third-order valence-corrected chi connectivity index (χ3v) is 8.19. The molecule has 1 amide bonds. The molecule has 6 rings (SSSR count). The molecule has 1 atom stereocenters. The van der Waals surface area contributed by atoms with Crippen LogP contribution < -0.4 is 5.69 Å². The fourth-order valence-electron chi connectivity index (χ4n) is 6.19. The number of carbonyl (C=O) groups is 1. The highest BCUT2D eigenvalue weighted by atomic mass is 16.2. The van der Waals surface area contributed by atoms with Gasteiger partial charge in [-0.1, -0.05) is 49.6 Å². The van der Waals surface area contributed by atoms with E-state index in [2.05, 4.69) is 17.1 Å². The largest absolute Gasteiger partial charge is 0.340 e. The van der Waals surface area contributed by atoms with Gasteiger partial charge in [0.2, 0.25) is 5.91 Å². The van der Waals surface area contributed by atoms with Gasteiger partial charge in [-0.05, 0) is 55.7 Å². The number of rotatable bonds is 5. The van der Waals surface area contributed by atoms with E-state index < -0.39 is 0 Å². The predicted octanol–water partition coefficient (Wildman–Crippen LogP) is 4.28. The van der Waals surface area contributed by atoms with E-state index in [1.54, 1.807) is 6.20 Å². The lowest BCUT2D eigenvalue weighted by Gasteiger charge is -2.24. The number of benzene rings is 1. The summed E-state index contributed by atoms with van der Waals surface area (Å²) < 4.78 is 3.84. The van der Waals surface area contributed by atoms with Crippen LogP contribution in [-0.2, 0) is 16.8 Å². The molecule has 0 radical (unpaired) electrons. The Morgan fingerprint density at radius 3 is 2.55 bits per heavy atom. The quantitative estimate of drug-likeness (QED) is 0.590. The Morgan fingerprint density at radius 1 is 1.00 bits per heavy atom. The van der Waals surface area contributed by atoms with Crippen molar-refractivity contribution in [2.24, 2.45) is 5.92 Å². The minimum Gasteiger partial charge on any atom is -0.340 e. The van der Waals surface area contributed by atoms with Crippen molar-refractivity contribution in [3.05, 3.63) is 64.7 Å². The normalized spacial score (nSPS) is 22.7. The first-order valence-corrected chi connectivity index (χ1v) is 12.6. The third-order valence-electron chi connectivity index (χ3n) is 8.19. The molecule has 3 heterocycles. The Kier molecular flexibility index (Phi) is 5.11. The number of carbonyl (C=O) groups excluding carboxylic acids is 1. The molecule has 2 aliphatic carbocycles. The summed E-state index contributed by atoms with van der Waals surface area (Å²) in [6.07, 6.45) is 10.6. The van der Waals surface area contributed by atoms with E-state index >= 15 is 0 Å². The topological polar surface area (TPSA) is 60.1 Å². The van der Waals surface area contributed by atoms with Gasteiger partial charge in [-0.3, -0.25) is 13.9 Å². The molecule has 6 nitrogen and oxygen atoms in total. The van der Waals surface area contributed by atoms with Gasteiger partial charge in [0.15, 0.2) is 5.65 Å². The molecule has 3 fully saturated rings. The van der Waals surface area contributed by atoms with Crippen LogP contribution in [0.4, 0.5) is 0 Å². The molecule has 0 unspecified atom stereocenters. The lowest BCUT2D eigenvalue weighted by Crippen LogP contribution is -2.38. The number of likely N-dealkylation sites (tertiary alicyclic amines) is 1. The molecule has 33 heavy (non-hydrogen) atoms. The van der Waals surface area contributed by atoms with Crippen LogP contribution in [0.25, 0.3) is 11.2 Å². The van der Waals surface area contributed by atoms with Crippen molar-refractivity contribution in [1.29, 1.82) is 0 Å². The van der Waals surface area contributed by atoms with E-state index in [-0.39, 0.29) is 23.1 Å². The van der Waals surface area contributed by atoms with E-state index in [0.29, 0.717) is 19.0 Å². The number of amides is 1. The summed E-state index contributed by atoms with van der Waals surface area (Å²) in [5.74, 6) is 0.793. The SMILES string of the molecule is O=C(N1CC[C@@H](n2c(=O)n(CC3CCCCC3)c3cccnc32)C1)C1(c2ccccc2)CC1. The third kappa shape index (κ3) is 3.51. The van der Waals surface area contributed by atoms with Gasteiger partial charge in [0, 0.05) is 25.8 Å². The lowest BCUT2D eigenvalue weighted by atomic mass is 9.89. The minimum absolute atomic E-state index is 0.0157. The zero-order chi connectivity index (χ0) is 22.4. The highest BCUT2D eigenvalue weighted by Gasteiger charge is 2.53. The van der Waals surface area contributed by atoms with Gasteiger partial charge in [-0.2, -0.15) is 0 Å². The molecule has 0 spiro atoms. The lowest BCUT2D eigenvalue weighted by molar-refractivity contribution is -0.133. The number of nitrogens with zero attached hydrogens (tertiary/aromatic N) is 4. The van der Waals surface area contributed by atoms with Gasteiger partial charge in [-0.15, -0.1) is 0 Å². The van der Waals surface area contributed by atoms with Gasteiger partial charge >= 0.3 is 5.69 Å². The molecule has 6 heteroatoms. The molecule has 2 saturated carbocycles. The van der Waals surface area contributed by atoms with Crippen LogP contribution >= 0.6 is 0 Å².